The van der Waals surface area contributed by atoms with Crippen LogP contribution in [-0.4, -0.2) is 5.78 Å². The maximum atomic E-state index is 12.7. The van der Waals surface area contributed by atoms with E-state index in [4.69, 9.17) is 11.5 Å². The third-order valence-corrected chi connectivity index (χ3v) is 2.79. The Bertz CT molecular complexity index is 648. The molecule has 2 rings (SSSR count). The van der Waals surface area contributed by atoms with Crippen molar-refractivity contribution in [3.63, 3.8) is 0 Å². The van der Waals surface area contributed by atoms with Gasteiger partial charge in [-0.2, -0.15) is 13.2 Å². The molecule has 4 N–H and O–H groups in total. The first kappa shape index (κ1) is 13.9. The molecule has 0 spiro atoms. The zero-order valence-electron chi connectivity index (χ0n) is 10.2. The standard InChI is InChI=1S/C14H11F3N2O/c15-14(16,17)11-7-9(3-6-12(11)19)13(20)8-1-4-10(18)5-2-8/h1-7H,18-19H2. The van der Waals surface area contributed by atoms with E-state index in [9.17, 15) is 18.0 Å². The Hall–Kier alpha value is -2.50. The molecule has 6 heteroatoms. The molecule has 104 valence electrons. The van der Waals surface area contributed by atoms with Crippen LogP contribution in [0.25, 0.3) is 0 Å². The zero-order chi connectivity index (χ0) is 14.9. The van der Waals surface area contributed by atoms with Gasteiger partial charge in [-0.05, 0) is 42.5 Å². The van der Waals surface area contributed by atoms with Gasteiger partial charge in [-0.25, -0.2) is 0 Å². The Morgan fingerprint density at radius 3 is 2.00 bits per heavy atom. The molecule has 3 nitrogen and oxygen atoms in total. The van der Waals surface area contributed by atoms with Crippen LogP contribution in [0.4, 0.5) is 24.5 Å². The predicted octanol–water partition coefficient (Wildman–Crippen LogP) is 3.10. The molecule has 0 aromatic heterocycles. The first-order valence-electron chi connectivity index (χ1n) is 5.66. The molecule has 0 aliphatic carbocycles. The van der Waals surface area contributed by atoms with Gasteiger partial charge < -0.3 is 11.5 Å². The van der Waals surface area contributed by atoms with E-state index >= 15 is 0 Å². The maximum Gasteiger partial charge on any atom is 0.418 e. The molecular weight excluding hydrogens is 269 g/mol. The van der Waals surface area contributed by atoms with Crippen LogP contribution < -0.4 is 11.5 Å². The second-order valence-electron chi connectivity index (χ2n) is 4.25. The SMILES string of the molecule is Nc1ccc(C(=O)c2ccc(N)c(C(F)(F)F)c2)cc1. The molecule has 0 saturated carbocycles. The Morgan fingerprint density at radius 1 is 0.900 bits per heavy atom. The van der Waals surface area contributed by atoms with Gasteiger partial charge in [0.2, 0.25) is 0 Å². The second-order valence-corrected chi connectivity index (χ2v) is 4.25. The van der Waals surface area contributed by atoms with Crippen LogP contribution in [0.2, 0.25) is 0 Å². The van der Waals surface area contributed by atoms with Crippen LogP contribution in [0.1, 0.15) is 21.5 Å². The summed E-state index contributed by atoms with van der Waals surface area (Å²) >= 11 is 0. The summed E-state index contributed by atoms with van der Waals surface area (Å²) in [4.78, 5) is 12.1. The molecule has 0 bridgehead atoms. The summed E-state index contributed by atoms with van der Waals surface area (Å²) in [6, 6.07) is 9.04. The van der Waals surface area contributed by atoms with Gasteiger partial charge in [0.25, 0.3) is 0 Å². The Morgan fingerprint density at radius 2 is 1.45 bits per heavy atom. The van der Waals surface area contributed by atoms with Crippen molar-refractivity contribution in [2.24, 2.45) is 0 Å². The van der Waals surface area contributed by atoms with Gasteiger partial charge >= 0.3 is 6.18 Å². The molecule has 0 saturated heterocycles. The number of hydrogen-bond donors (Lipinski definition) is 2. The minimum absolute atomic E-state index is 0.0729. The smallest absolute Gasteiger partial charge is 0.399 e. The van der Waals surface area contributed by atoms with Crippen LogP contribution in [0, 0.1) is 0 Å². The fraction of sp³-hybridized carbons (Fsp3) is 0.0714. The van der Waals surface area contributed by atoms with Crippen LogP contribution in [0.15, 0.2) is 42.5 Å². The largest absolute Gasteiger partial charge is 0.418 e. The van der Waals surface area contributed by atoms with Gasteiger partial charge in [0.1, 0.15) is 0 Å². The van der Waals surface area contributed by atoms with Crippen molar-refractivity contribution >= 4 is 17.2 Å². The van der Waals surface area contributed by atoms with Gasteiger partial charge in [-0.1, -0.05) is 0 Å². The lowest BCUT2D eigenvalue weighted by Crippen LogP contribution is -2.11. The van der Waals surface area contributed by atoms with E-state index in [0.717, 1.165) is 12.1 Å². The van der Waals surface area contributed by atoms with Crippen molar-refractivity contribution in [3.8, 4) is 0 Å². The third-order valence-electron chi connectivity index (χ3n) is 2.79. The first-order valence-corrected chi connectivity index (χ1v) is 5.66. The van der Waals surface area contributed by atoms with Gasteiger partial charge in [0, 0.05) is 22.5 Å². The minimum atomic E-state index is -4.60. The molecule has 0 amide bonds. The maximum absolute atomic E-state index is 12.7. The van der Waals surface area contributed by atoms with E-state index in [1.54, 1.807) is 0 Å². The summed E-state index contributed by atoms with van der Waals surface area (Å²) < 4.78 is 38.2. The number of rotatable bonds is 2. The summed E-state index contributed by atoms with van der Waals surface area (Å²) in [5.74, 6) is -0.518. The normalized spacial score (nSPS) is 11.3. The second kappa shape index (κ2) is 4.88. The lowest BCUT2D eigenvalue weighted by Gasteiger charge is -2.11. The monoisotopic (exact) mass is 280 g/mol. The van der Waals surface area contributed by atoms with Crippen molar-refractivity contribution in [2.45, 2.75) is 6.18 Å². The minimum Gasteiger partial charge on any atom is -0.399 e. The van der Waals surface area contributed by atoms with Gasteiger partial charge in [0.05, 0.1) is 5.56 Å². The number of nitrogen functional groups attached to an aromatic ring is 2. The molecule has 0 atom stereocenters. The van der Waals surface area contributed by atoms with E-state index in [1.807, 2.05) is 0 Å². The molecule has 0 heterocycles. The number of benzene rings is 2. The number of carbonyl (C=O) groups excluding carboxylic acids is 1. The first-order chi connectivity index (χ1) is 9.29. The lowest BCUT2D eigenvalue weighted by molar-refractivity contribution is -0.136. The van der Waals surface area contributed by atoms with Crippen molar-refractivity contribution in [1.82, 2.24) is 0 Å². The predicted molar refractivity (Wildman–Crippen MR) is 70.1 cm³/mol. The number of halogens is 3. The van der Waals surface area contributed by atoms with Crippen molar-refractivity contribution in [2.75, 3.05) is 11.5 Å². The number of anilines is 2. The van der Waals surface area contributed by atoms with Crippen molar-refractivity contribution in [1.29, 1.82) is 0 Å². The highest BCUT2D eigenvalue weighted by Gasteiger charge is 2.33. The Labute approximate surface area is 113 Å². The molecule has 0 unspecified atom stereocenters. The Balaban J connectivity index is 2.43. The molecule has 0 radical (unpaired) electrons. The number of carbonyl (C=O) groups is 1. The Kier molecular flexibility index (Phi) is 3.40. The number of hydrogen-bond acceptors (Lipinski definition) is 3. The van der Waals surface area contributed by atoms with E-state index in [0.29, 0.717) is 5.69 Å². The quantitative estimate of drug-likeness (QED) is 0.656. The number of alkyl halides is 3. The fourth-order valence-electron chi connectivity index (χ4n) is 1.74. The van der Waals surface area contributed by atoms with E-state index < -0.39 is 23.2 Å². The lowest BCUT2D eigenvalue weighted by atomic mass is 10.00. The van der Waals surface area contributed by atoms with Gasteiger partial charge in [-0.3, -0.25) is 4.79 Å². The summed E-state index contributed by atoms with van der Waals surface area (Å²) in [5, 5.41) is 0. The molecule has 0 aliphatic rings. The van der Waals surface area contributed by atoms with E-state index in [-0.39, 0.29) is 11.1 Å². The summed E-state index contributed by atoms with van der Waals surface area (Å²) in [6.07, 6.45) is -4.60. The third kappa shape index (κ3) is 2.74. The van der Waals surface area contributed by atoms with Crippen molar-refractivity contribution in [3.05, 3.63) is 59.2 Å². The molecule has 2 aromatic carbocycles. The van der Waals surface area contributed by atoms with E-state index in [1.165, 1.54) is 30.3 Å². The highest BCUT2D eigenvalue weighted by Crippen LogP contribution is 2.34. The average Bonchev–Trinajstić information content (AvgIpc) is 2.38. The van der Waals surface area contributed by atoms with Gasteiger partial charge in [-0.15, -0.1) is 0 Å². The highest BCUT2D eigenvalue weighted by atomic mass is 19.4. The molecular formula is C14H11F3N2O. The number of nitrogens with two attached hydrogens (primary N) is 2. The van der Waals surface area contributed by atoms with Crippen LogP contribution >= 0.6 is 0 Å². The highest BCUT2D eigenvalue weighted by molar-refractivity contribution is 6.09. The molecule has 20 heavy (non-hydrogen) atoms. The zero-order valence-corrected chi connectivity index (χ0v) is 10.2. The van der Waals surface area contributed by atoms with Crippen molar-refractivity contribution < 1.29 is 18.0 Å². The van der Waals surface area contributed by atoms with Crippen LogP contribution in [0.3, 0.4) is 0 Å². The summed E-state index contributed by atoms with van der Waals surface area (Å²) in [5.41, 5.74) is 10.0. The average molecular weight is 280 g/mol. The number of ketones is 1. The van der Waals surface area contributed by atoms with Crippen LogP contribution in [-0.2, 0) is 6.18 Å². The summed E-state index contributed by atoms with van der Waals surface area (Å²) in [7, 11) is 0. The molecule has 0 aliphatic heterocycles. The topological polar surface area (TPSA) is 69.1 Å². The molecule has 2 aromatic rings. The fourth-order valence-corrected chi connectivity index (χ4v) is 1.74. The van der Waals surface area contributed by atoms with Crippen LogP contribution in [0.5, 0.6) is 0 Å². The van der Waals surface area contributed by atoms with E-state index in [2.05, 4.69) is 0 Å². The van der Waals surface area contributed by atoms with Gasteiger partial charge in [0.15, 0.2) is 5.78 Å². The summed E-state index contributed by atoms with van der Waals surface area (Å²) in [6.45, 7) is 0. The molecule has 0 fully saturated rings.